The maximum atomic E-state index is 5.84. The van der Waals surface area contributed by atoms with Crippen LogP contribution in [-0.4, -0.2) is 19.3 Å². The molecule has 1 aromatic carbocycles. The summed E-state index contributed by atoms with van der Waals surface area (Å²) >= 11 is 3.51. The van der Waals surface area contributed by atoms with Crippen molar-refractivity contribution in [3.05, 3.63) is 35.2 Å². The van der Waals surface area contributed by atoms with Crippen molar-refractivity contribution < 1.29 is 9.47 Å². The Morgan fingerprint density at radius 2 is 2.25 bits per heavy atom. The number of halogens is 1. The van der Waals surface area contributed by atoms with Crippen LogP contribution in [0, 0.1) is 12.8 Å². The number of rotatable bonds is 4. The summed E-state index contributed by atoms with van der Waals surface area (Å²) in [6, 6.07) is 6.30. The molecule has 111 valence electrons. The van der Waals surface area contributed by atoms with Gasteiger partial charge in [-0.05, 0) is 62.6 Å². The van der Waals surface area contributed by atoms with Crippen LogP contribution in [0.15, 0.2) is 22.7 Å². The summed E-state index contributed by atoms with van der Waals surface area (Å²) < 4.78 is 12.5. The van der Waals surface area contributed by atoms with Gasteiger partial charge in [0, 0.05) is 11.1 Å². The number of ether oxygens (including phenoxy) is 2. The first-order valence-corrected chi connectivity index (χ1v) is 8.03. The van der Waals surface area contributed by atoms with Gasteiger partial charge in [0.05, 0.1) is 12.7 Å². The van der Waals surface area contributed by atoms with Gasteiger partial charge in [-0.25, -0.2) is 0 Å². The standard InChI is InChI=1S/C17H24BrO2/c1-5-14(12-8-9-20-17(2,3)11-12)15-7-6-13(18)10-16(15)19-4/h6-7,10,12,14H,1,5,8-9,11H2,2-4H3/t12-,14-/m0/s1. The molecule has 0 aliphatic carbocycles. The smallest absolute Gasteiger partial charge is 0.123 e. The molecule has 2 atom stereocenters. The van der Waals surface area contributed by atoms with E-state index in [0.29, 0.717) is 11.8 Å². The molecule has 1 aromatic rings. The summed E-state index contributed by atoms with van der Waals surface area (Å²) in [6.07, 6.45) is 3.06. The fraction of sp³-hybridized carbons (Fsp3) is 0.588. The highest BCUT2D eigenvalue weighted by Crippen LogP contribution is 2.43. The van der Waals surface area contributed by atoms with E-state index in [1.54, 1.807) is 7.11 Å². The zero-order valence-electron chi connectivity index (χ0n) is 12.6. The second-order valence-electron chi connectivity index (χ2n) is 6.14. The minimum Gasteiger partial charge on any atom is -0.496 e. The second-order valence-corrected chi connectivity index (χ2v) is 7.06. The first-order chi connectivity index (χ1) is 9.46. The molecule has 20 heavy (non-hydrogen) atoms. The maximum Gasteiger partial charge on any atom is 0.123 e. The monoisotopic (exact) mass is 339 g/mol. The maximum absolute atomic E-state index is 5.84. The molecule has 1 heterocycles. The van der Waals surface area contributed by atoms with Crippen LogP contribution in [0.25, 0.3) is 0 Å². The molecule has 2 rings (SSSR count). The van der Waals surface area contributed by atoms with E-state index in [9.17, 15) is 0 Å². The third-order valence-electron chi connectivity index (χ3n) is 4.21. The molecule has 1 radical (unpaired) electrons. The van der Waals surface area contributed by atoms with Gasteiger partial charge in [-0.1, -0.05) is 28.9 Å². The summed E-state index contributed by atoms with van der Waals surface area (Å²) in [5.74, 6) is 1.99. The van der Waals surface area contributed by atoms with E-state index in [1.807, 2.05) is 6.07 Å². The molecule has 1 aliphatic rings. The van der Waals surface area contributed by atoms with Crippen molar-refractivity contribution >= 4 is 15.9 Å². The van der Waals surface area contributed by atoms with Crippen molar-refractivity contribution in [3.8, 4) is 5.75 Å². The Kier molecular flexibility index (Phi) is 5.14. The fourth-order valence-electron chi connectivity index (χ4n) is 3.26. The van der Waals surface area contributed by atoms with Crippen LogP contribution in [-0.2, 0) is 4.74 Å². The molecule has 0 spiro atoms. The first kappa shape index (κ1) is 15.8. The highest BCUT2D eigenvalue weighted by atomic mass is 79.9. The average molecular weight is 340 g/mol. The molecule has 0 unspecified atom stereocenters. The minimum absolute atomic E-state index is 0.0288. The molecule has 0 N–H and O–H groups in total. The van der Waals surface area contributed by atoms with Gasteiger partial charge in [-0.15, -0.1) is 0 Å². The molecular weight excluding hydrogens is 316 g/mol. The Hall–Kier alpha value is -0.540. The zero-order chi connectivity index (χ0) is 14.8. The Balaban J connectivity index is 2.28. The van der Waals surface area contributed by atoms with Gasteiger partial charge >= 0.3 is 0 Å². The summed E-state index contributed by atoms with van der Waals surface area (Å²) in [5, 5.41) is 0. The molecule has 1 aliphatic heterocycles. The molecular formula is C17H24BrO2. The van der Waals surface area contributed by atoms with E-state index in [1.165, 1.54) is 5.56 Å². The van der Waals surface area contributed by atoms with Gasteiger partial charge in [-0.2, -0.15) is 0 Å². The fourth-order valence-corrected chi connectivity index (χ4v) is 3.60. The van der Waals surface area contributed by atoms with Crippen molar-refractivity contribution in [2.75, 3.05) is 13.7 Å². The van der Waals surface area contributed by atoms with Crippen LogP contribution < -0.4 is 4.74 Å². The van der Waals surface area contributed by atoms with Crippen LogP contribution >= 0.6 is 15.9 Å². The quantitative estimate of drug-likeness (QED) is 0.770. The molecule has 1 fully saturated rings. The number of hydrogen-bond donors (Lipinski definition) is 0. The van der Waals surface area contributed by atoms with E-state index >= 15 is 0 Å². The van der Waals surface area contributed by atoms with E-state index in [-0.39, 0.29) is 5.60 Å². The van der Waals surface area contributed by atoms with Crippen molar-refractivity contribution in [1.29, 1.82) is 0 Å². The highest BCUT2D eigenvalue weighted by molar-refractivity contribution is 9.10. The minimum atomic E-state index is -0.0288. The summed E-state index contributed by atoms with van der Waals surface area (Å²) in [6.45, 7) is 9.37. The third-order valence-corrected chi connectivity index (χ3v) is 4.70. The lowest BCUT2D eigenvalue weighted by Gasteiger charge is -2.39. The first-order valence-electron chi connectivity index (χ1n) is 7.23. The Morgan fingerprint density at radius 1 is 1.50 bits per heavy atom. The van der Waals surface area contributed by atoms with Gasteiger partial charge in [0.25, 0.3) is 0 Å². The molecule has 0 saturated carbocycles. The van der Waals surface area contributed by atoms with Crippen LogP contribution in [0.5, 0.6) is 5.75 Å². The molecule has 0 aromatic heterocycles. The molecule has 3 heteroatoms. The average Bonchev–Trinajstić information content (AvgIpc) is 2.40. The Labute approximate surface area is 131 Å². The lowest BCUT2D eigenvalue weighted by molar-refractivity contribution is -0.0768. The topological polar surface area (TPSA) is 18.5 Å². The molecule has 0 bridgehead atoms. The van der Waals surface area contributed by atoms with Crippen molar-refractivity contribution in [3.63, 3.8) is 0 Å². The lowest BCUT2D eigenvalue weighted by atomic mass is 9.75. The SMILES string of the molecule is [CH2]C[C@H](c1ccc(Br)cc1OC)[C@H]1CCOC(C)(C)C1. The van der Waals surface area contributed by atoms with Gasteiger partial charge in [-0.3, -0.25) is 0 Å². The largest absolute Gasteiger partial charge is 0.496 e. The number of hydrogen-bond acceptors (Lipinski definition) is 2. The summed E-state index contributed by atoms with van der Waals surface area (Å²) in [7, 11) is 1.74. The van der Waals surface area contributed by atoms with E-state index in [2.05, 4.69) is 48.8 Å². The van der Waals surface area contributed by atoms with Crippen molar-refractivity contribution in [2.24, 2.45) is 5.92 Å². The van der Waals surface area contributed by atoms with Crippen LogP contribution in [0.1, 0.15) is 44.6 Å². The molecule has 1 saturated heterocycles. The van der Waals surface area contributed by atoms with Gasteiger partial charge < -0.3 is 9.47 Å². The van der Waals surface area contributed by atoms with Crippen molar-refractivity contribution in [1.82, 2.24) is 0 Å². The van der Waals surface area contributed by atoms with Gasteiger partial charge in [0.2, 0.25) is 0 Å². The highest BCUT2D eigenvalue weighted by Gasteiger charge is 2.34. The molecule has 0 amide bonds. The number of methoxy groups -OCH3 is 1. The Morgan fingerprint density at radius 3 is 2.85 bits per heavy atom. The predicted molar refractivity (Wildman–Crippen MR) is 86.2 cm³/mol. The summed E-state index contributed by atoms with van der Waals surface area (Å²) in [5.41, 5.74) is 1.24. The van der Waals surface area contributed by atoms with Crippen LogP contribution in [0.3, 0.4) is 0 Å². The summed E-state index contributed by atoms with van der Waals surface area (Å²) in [4.78, 5) is 0. The Bertz CT molecular complexity index is 456. The zero-order valence-corrected chi connectivity index (χ0v) is 14.2. The van der Waals surface area contributed by atoms with E-state index in [0.717, 1.165) is 36.1 Å². The van der Waals surface area contributed by atoms with E-state index in [4.69, 9.17) is 9.47 Å². The van der Waals surface area contributed by atoms with Crippen molar-refractivity contribution in [2.45, 2.75) is 44.6 Å². The lowest BCUT2D eigenvalue weighted by Crippen LogP contribution is -2.36. The van der Waals surface area contributed by atoms with Gasteiger partial charge in [0.15, 0.2) is 0 Å². The van der Waals surface area contributed by atoms with E-state index < -0.39 is 0 Å². The van der Waals surface area contributed by atoms with Crippen LogP contribution in [0.2, 0.25) is 0 Å². The molecule has 2 nitrogen and oxygen atoms in total. The number of benzene rings is 1. The second kappa shape index (κ2) is 6.48. The van der Waals surface area contributed by atoms with Gasteiger partial charge in [0.1, 0.15) is 5.75 Å². The van der Waals surface area contributed by atoms with Crippen LogP contribution in [0.4, 0.5) is 0 Å². The third kappa shape index (κ3) is 3.56. The normalized spacial score (nSPS) is 23.4. The predicted octanol–water partition coefficient (Wildman–Crippen LogP) is 4.97.